The molecule has 0 saturated heterocycles. The molecule has 3 aromatic rings. The molecule has 0 atom stereocenters. The Balaban J connectivity index is 1.78. The summed E-state index contributed by atoms with van der Waals surface area (Å²) >= 11 is 0. The lowest BCUT2D eigenvalue weighted by Crippen LogP contribution is -2.23. The van der Waals surface area contributed by atoms with E-state index in [4.69, 9.17) is 0 Å². The monoisotopic (exact) mass is 327 g/mol. The number of aryl methyl sites for hydroxylation is 1. The first-order valence-electron chi connectivity index (χ1n) is 7.36. The lowest BCUT2D eigenvalue weighted by Gasteiger charge is -2.02. The van der Waals surface area contributed by atoms with Crippen molar-refractivity contribution < 1.29 is 13.6 Å². The van der Waals surface area contributed by atoms with E-state index in [2.05, 4.69) is 10.4 Å². The summed E-state index contributed by atoms with van der Waals surface area (Å²) in [4.78, 5) is 12.2. The Morgan fingerprint density at radius 3 is 2.54 bits per heavy atom. The van der Waals surface area contributed by atoms with Gasteiger partial charge in [0, 0.05) is 19.2 Å². The molecular formula is C18H15F2N3O. The lowest BCUT2D eigenvalue weighted by molar-refractivity contribution is 0.0945. The molecule has 1 heterocycles. The summed E-state index contributed by atoms with van der Waals surface area (Å²) in [6.45, 7) is 0.386. The van der Waals surface area contributed by atoms with Crippen LogP contribution in [0.5, 0.6) is 0 Å². The third-order valence-electron chi connectivity index (χ3n) is 3.62. The van der Waals surface area contributed by atoms with E-state index in [0.29, 0.717) is 17.8 Å². The van der Waals surface area contributed by atoms with Crippen LogP contribution in [0.4, 0.5) is 8.78 Å². The Morgan fingerprint density at radius 2 is 1.83 bits per heavy atom. The van der Waals surface area contributed by atoms with Gasteiger partial charge in [-0.25, -0.2) is 8.78 Å². The highest BCUT2D eigenvalue weighted by Gasteiger charge is 2.15. The topological polar surface area (TPSA) is 46.9 Å². The molecule has 3 rings (SSSR count). The van der Waals surface area contributed by atoms with Gasteiger partial charge < -0.3 is 5.32 Å². The average molecular weight is 327 g/mol. The number of benzene rings is 2. The number of hydrogen-bond acceptors (Lipinski definition) is 2. The standard InChI is InChI=1S/C18H15F2N3O/c1-23-17(13-7-8-14(19)15(20)9-13)10-16(22-23)18(24)21-11-12-5-3-2-4-6-12/h2-10H,11H2,1H3,(H,21,24). The molecule has 4 nitrogen and oxygen atoms in total. The third-order valence-corrected chi connectivity index (χ3v) is 3.62. The van der Waals surface area contributed by atoms with E-state index in [1.165, 1.54) is 10.7 Å². The Morgan fingerprint density at radius 1 is 1.08 bits per heavy atom. The molecule has 0 aliphatic heterocycles. The minimum atomic E-state index is -0.941. The van der Waals surface area contributed by atoms with Gasteiger partial charge in [-0.05, 0) is 29.8 Å². The molecule has 0 spiro atoms. The van der Waals surface area contributed by atoms with Gasteiger partial charge in [-0.1, -0.05) is 30.3 Å². The van der Waals surface area contributed by atoms with Crippen LogP contribution in [0.25, 0.3) is 11.3 Å². The molecule has 0 radical (unpaired) electrons. The van der Waals surface area contributed by atoms with Crippen molar-refractivity contribution >= 4 is 5.91 Å². The maximum absolute atomic E-state index is 13.4. The second kappa shape index (κ2) is 6.62. The predicted molar refractivity (Wildman–Crippen MR) is 86.2 cm³/mol. The minimum Gasteiger partial charge on any atom is -0.347 e. The van der Waals surface area contributed by atoms with Crippen LogP contribution < -0.4 is 5.32 Å². The van der Waals surface area contributed by atoms with Crippen LogP contribution in [-0.4, -0.2) is 15.7 Å². The van der Waals surface area contributed by atoms with E-state index < -0.39 is 11.6 Å². The van der Waals surface area contributed by atoms with E-state index in [0.717, 1.165) is 17.7 Å². The number of halogens is 2. The smallest absolute Gasteiger partial charge is 0.272 e. The summed E-state index contributed by atoms with van der Waals surface area (Å²) in [5, 5.41) is 6.92. The molecule has 1 aromatic heterocycles. The normalized spacial score (nSPS) is 10.6. The first-order chi connectivity index (χ1) is 11.5. The van der Waals surface area contributed by atoms with Gasteiger partial charge in [-0.2, -0.15) is 5.10 Å². The highest BCUT2D eigenvalue weighted by Crippen LogP contribution is 2.22. The van der Waals surface area contributed by atoms with Gasteiger partial charge in [-0.3, -0.25) is 9.48 Å². The van der Waals surface area contributed by atoms with E-state index in [-0.39, 0.29) is 11.6 Å². The molecular weight excluding hydrogens is 312 g/mol. The summed E-state index contributed by atoms with van der Waals surface area (Å²) in [5.74, 6) is -2.19. The Bertz CT molecular complexity index is 875. The Kier molecular flexibility index (Phi) is 4.37. The van der Waals surface area contributed by atoms with E-state index in [1.54, 1.807) is 13.1 Å². The summed E-state index contributed by atoms with van der Waals surface area (Å²) in [6.07, 6.45) is 0. The summed E-state index contributed by atoms with van der Waals surface area (Å²) in [7, 11) is 1.64. The van der Waals surface area contributed by atoms with Gasteiger partial charge in [-0.15, -0.1) is 0 Å². The summed E-state index contributed by atoms with van der Waals surface area (Å²) in [5.41, 5.74) is 2.17. The fourth-order valence-corrected chi connectivity index (χ4v) is 2.37. The first-order valence-corrected chi connectivity index (χ1v) is 7.36. The number of carbonyl (C=O) groups is 1. The van der Waals surface area contributed by atoms with Crippen molar-refractivity contribution in [1.29, 1.82) is 0 Å². The van der Waals surface area contributed by atoms with Crippen molar-refractivity contribution in [2.75, 3.05) is 0 Å². The van der Waals surface area contributed by atoms with Crippen LogP contribution in [0.1, 0.15) is 16.1 Å². The molecule has 0 fully saturated rings. The highest BCUT2D eigenvalue weighted by molar-refractivity contribution is 5.93. The molecule has 1 amide bonds. The van der Waals surface area contributed by atoms with Gasteiger partial charge in [0.1, 0.15) is 0 Å². The molecule has 0 aliphatic rings. The second-order valence-electron chi connectivity index (χ2n) is 5.34. The number of hydrogen-bond donors (Lipinski definition) is 1. The minimum absolute atomic E-state index is 0.216. The number of nitrogens with zero attached hydrogens (tertiary/aromatic N) is 2. The van der Waals surface area contributed by atoms with Crippen LogP contribution >= 0.6 is 0 Å². The van der Waals surface area contributed by atoms with Crippen molar-refractivity contribution in [3.63, 3.8) is 0 Å². The summed E-state index contributed by atoms with van der Waals surface area (Å²) < 4.78 is 27.9. The number of rotatable bonds is 4. The van der Waals surface area contributed by atoms with E-state index in [1.807, 2.05) is 30.3 Å². The molecule has 0 unspecified atom stereocenters. The zero-order valence-corrected chi connectivity index (χ0v) is 13.0. The van der Waals surface area contributed by atoms with Crippen LogP contribution in [0.3, 0.4) is 0 Å². The predicted octanol–water partition coefficient (Wildman–Crippen LogP) is 3.30. The molecule has 0 saturated carbocycles. The molecule has 24 heavy (non-hydrogen) atoms. The van der Waals surface area contributed by atoms with Crippen LogP contribution in [0, 0.1) is 11.6 Å². The van der Waals surface area contributed by atoms with Gasteiger partial charge in [0.2, 0.25) is 0 Å². The molecule has 6 heteroatoms. The molecule has 122 valence electrons. The van der Waals surface area contributed by atoms with E-state index in [9.17, 15) is 13.6 Å². The van der Waals surface area contributed by atoms with Gasteiger partial charge >= 0.3 is 0 Å². The number of amides is 1. The largest absolute Gasteiger partial charge is 0.347 e. The van der Waals surface area contributed by atoms with Gasteiger partial charge in [0.15, 0.2) is 17.3 Å². The Labute approximate surface area is 137 Å². The average Bonchev–Trinajstić information content (AvgIpc) is 2.98. The molecule has 1 N–H and O–H groups in total. The zero-order chi connectivity index (χ0) is 17.1. The number of carbonyl (C=O) groups excluding carboxylic acids is 1. The lowest BCUT2D eigenvalue weighted by atomic mass is 10.1. The van der Waals surface area contributed by atoms with Gasteiger partial charge in [0.25, 0.3) is 5.91 Å². The van der Waals surface area contributed by atoms with E-state index >= 15 is 0 Å². The molecule has 0 bridgehead atoms. The van der Waals surface area contributed by atoms with Gasteiger partial charge in [0.05, 0.1) is 5.69 Å². The quantitative estimate of drug-likeness (QED) is 0.799. The SMILES string of the molecule is Cn1nc(C(=O)NCc2ccccc2)cc1-c1ccc(F)c(F)c1. The fourth-order valence-electron chi connectivity index (χ4n) is 2.37. The van der Waals surface area contributed by atoms with Crippen LogP contribution in [-0.2, 0) is 13.6 Å². The molecule has 0 aliphatic carbocycles. The molecule has 2 aromatic carbocycles. The highest BCUT2D eigenvalue weighted by atomic mass is 19.2. The number of aromatic nitrogens is 2. The summed E-state index contributed by atoms with van der Waals surface area (Å²) in [6, 6.07) is 14.6. The van der Waals surface area contributed by atoms with Crippen molar-refractivity contribution in [3.05, 3.63) is 77.5 Å². The maximum atomic E-state index is 13.4. The van der Waals surface area contributed by atoms with Crippen molar-refractivity contribution in [2.24, 2.45) is 7.05 Å². The van der Waals surface area contributed by atoms with Crippen molar-refractivity contribution in [2.45, 2.75) is 6.54 Å². The second-order valence-corrected chi connectivity index (χ2v) is 5.34. The Hall–Kier alpha value is -3.02. The number of nitrogens with one attached hydrogen (secondary N) is 1. The fraction of sp³-hybridized carbons (Fsp3) is 0.111. The first kappa shape index (κ1) is 15.9. The van der Waals surface area contributed by atoms with Crippen molar-refractivity contribution in [1.82, 2.24) is 15.1 Å². The maximum Gasteiger partial charge on any atom is 0.272 e. The zero-order valence-electron chi connectivity index (χ0n) is 13.0. The third kappa shape index (κ3) is 3.32. The van der Waals surface area contributed by atoms with Crippen molar-refractivity contribution in [3.8, 4) is 11.3 Å². The van der Waals surface area contributed by atoms with Crippen LogP contribution in [0.2, 0.25) is 0 Å². The van der Waals surface area contributed by atoms with Crippen LogP contribution in [0.15, 0.2) is 54.6 Å².